The predicted octanol–water partition coefficient (Wildman–Crippen LogP) is 12.3. The van der Waals surface area contributed by atoms with Gasteiger partial charge in [-0.1, -0.05) is 172 Å². The molecule has 5 nitrogen and oxygen atoms in total. The molecule has 1 aliphatic carbocycles. The van der Waals surface area contributed by atoms with Crippen LogP contribution in [0.4, 0.5) is 5.69 Å². The van der Waals surface area contributed by atoms with Crippen LogP contribution in [0.15, 0.2) is 192 Å². The van der Waals surface area contributed by atoms with Gasteiger partial charge in [0.1, 0.15) is 6.17 Å². The first-order valence-corrected chi connectivity index (χ1v) is 19.8. The van der Waals surface area contributed by atoms with Gasteiger partial charge in [0.2, 0.25) is 0 Å². The van der Waals surface area contributed by atoms with Gasteiger partial charge >= 0.3 is 0 Å². The summed E-state index contributed by atoms with van der Waals surface area (Å²) in [5, 5.41) is 9.33. The van der Waals surface area contributed by atoms with Gasteiger partial charge in [-0.2, -0.15) is 0 Å². The van der Waals surface area contributed by atoms with Crippen LogP contribution in [0.1, 0.15) is 73.6 Å². The zero-order valence-corrected chi connectivity index (χ0v) is 32.8. The average molecular weight is 734 g/mol. The number of nitrogens with one attached hydrogen (secondary N) is 3. The van der Waals surface area contributed by atoms with Crippen molar-refractivity contribution in [1.29, 1.82) is 0 Å². The number of para-hydroxylation sites is 1. The maximum Gasteiger partial charge on any atom is 0.104 e. The van der Waals surface area contributed by atoms with E-state index >= 15 is 0 Å². The molecule has 0 spiro atoms. The van der Waals surface area contributed by atoms with Crippen LogP contribution in [0, 0.1) is 0 Å². The molecule has 0 saturated heterocycles. The molecule has 3 N–H and O–H groups in total. The minimum Gasteiger partial charge on any atom is -0.357 e. The molecule has 2 aliphatic rings. The van der Waals surface area contributed by atoms with Gasteiger partial charge in [-0.15, -0.1) is 0 Å². The van der Waals surface area contributed by atoms with E-state index in [0.717, 1.165) is 35.3 Å². The highest BCUT2D eigenvalue weighted by Gasteiger charge is 2.47. The Hall–Kier alpha value is -6.30. The minimum absolute atomic E-state index is 0.0371. The van der Waals surface area contributed by atoms with E-state index in [1.807, 2.05) is 38.1 Å². The molecule has 7 aromatic rings. The summed E-state index contributed by atoms with van der Waals surface area (Å²) in [6, 6.07) is 55.9. The van der Waals surface area contributed by atoms with Crippen LogP contribution in [-0.2, 0) is 5.41 Å². The normalized spacial score (nSPS) is 15.1. The molecule has 0 amide bonds. The summed E-state index contributed by atoms with van der Waals surface area (Å²) >= 11 is 0. The van der Waals surface area contributed by atoms with Gasteiger partial charge in [0, 0.05) is 40.5 Å². The molecular formula is C51H51N5. The number of allylic oxidation sites excluding steroid dienone is 4. The third kappa shape index (κ3) is 7.64. The van der Waals surface area contributed by atoms with Gasteiger partial charge in [0.25, 0.3) is 0 Å². The van der Waals surface area contributed by atoms with E-state index in [-0.39, 0.29) is 12.2 Å². The van der Waals surface area contributed by atoms with Crippen LogP contribution in [0.5, 0.6) is 0 Å². The lowest BCUT2D eigenvalue weighted by Gasteiger charge is -2.34. The lowest BCUT2D eigenvalue weighted by atomic mass is 9.65. The summed E-state index contributed by atoms with van der Waals surface area (Å²) < 4.78 is 0. The Bertz CT molecular complexity index is 2420. The first kappa shape index (κ1) is 38.0. The zero-order chi connectivity index (χ0) is 38.7. The van der Waals surface area contributed by atoms with Crippen molar-refractivity contribution in [2.75, 3.05) is 7.05 Å². The van der Waals surface area contributed by atoms with E-state index in [0.29, 0.717) is 0 Å². The SMILES string of the molecule is C1=CC(C2=Nc3cc4c(cc3C2(c2ccccc2)c2ccccc2)[nH]c2ccccc24)=CCC1.CC.CN=CNC(NC(C)c1ccccc1)c1ccccc1. The van der Waals surface area contributed by atoms with Crippen molar-refractivity contribution in [3.8, 4) is 0 Å². The smallest absolute Gasteiger partial charge is 0.104 e. The molecule has 280 valence electrons. The number of aromatic amines is 1. The molecule has 2 atom stereocenters. The van der Waals surface area contributed by atoms with Gasteiger partial charge < -0.3 is 10.3 Å². The molecule has 0 bridgehead atoms. The number of nitrogens with zero attached hydrogens (tertiary/aromatic N) is 2. The fraction of sp³-hybridized carbons (Fsp3) is 0.176. The van der Waals surface area contributed by atoms with Crippen molar-refractivity contribution in [3.63, 3.8) is 0 Å². The molecule has 6 aromatic carbocycles. The molecule has 2 heterocycles. The van der Waals surface area contributed by atoms with E-state index in [9.17, 15) is 0 Å². The fourth-order valence-corrected chi connectivity index (χ4v) is 7.93. The Kier molecular flexibility index (Phi) is 12.1. The molecule has 1 aromatic heterocycles. The van der Waals surface area contributed by atoms with Crippen molar-refractivity contribution >= 4 is 39.5 Å². The van der Waals surface area contributed by atoms with Crippen molar-refractivity contribution in [2.45, 2.75) is 51.2 Å². The quantitative estimate of drug-likeness (QED) is 0.0786. The standard InChI is InChI=1S/C32H24N2.C17H21N3.C2H6/c1-4-12-22(13-5-1)31-32(23-14-6-2-7-15-23,24-16-8-3-9-17-24)27-21-29-26(20-30(27)34-31)25-18-10-11-19-28(25)33-29;1-14(15-9-5-3-6-10-15)20-17(19-13-18-2)16-11-7-4-8-12-16;1-2/h2-4,6-21,33H,1,5H2;3-14,17,20H,1-2H3,(H,18,19);1-2H3. The Balaban J connectivity index is 0.000000188. The second-order valence-corrected chi connectivity index (χ2v) is 13.9. The molecule has 5 heteroatoms. The summed E-state index contributed by atoms with van der Waals surface area (Å²) in [6.07, 6.45) is 10.8. The fourth-order valence-electron chi connectivity index (χ4n) is 7.93. The summed E-state index contributed by atoms with van der Waals surface area (Å²) in [6.45, 7) is 6.16. The molecule has 2 unspecified atom stereocenters. The highest BCUT2D eigenvalue weighted by atomic mass is 15.1. The Labute approximate surface area is 331 Å². The summed E-state index contributed by atoms with van der Waals surface area (Å²) in [5.41, 5.74) is 11.4. The Morgan fingerprint density at radius 2 is 1.27 bits per heavy atom. The summed E-state index contributed by atoms with van der Waals surface area (Å²) in [4.78, 5) is 13.1. The number of H-pyrrole nitrogens is 1. The van der Waals surface area contributed by atoms with Gasteiger partial charge in [0.05, 0.1) is 23.2 Å². The van der Waals surface area contributed by atoms with Crippen LogP contribution < -0.4 is 10.6 Å². The maximum atomic E-state index is 5.40. The second-order valence-electron chi connectivity index (χ2n) is 13.9. The number of benzene rings is 6. The molecular weight excluding hydrogens is 683 g/mol. The van der Waals surface area contributed by atoms with Crippen LogP contribution in [-0.4, -0.2) is 24.1 Å². The minimum atomic E-state index is -0.475. The average Bonchev–Trinajstić information content (AvgIpc) is 3.82. The number of fused-ring (bicyclic) bond motifs is 4. The number of aromatic nitrogens is 1. The van der Waals surface area contributed by atoms with Crippen LogP contribution in [0.2, 0.25) is 0 Å². The van der Waals surface area contributed by atoms with Crippen molar-refractivity contribution in [3.05, 3.63) is 209 Å². The van der Waals surface area contributed by atoms with Gasteiger partial charge in [-0.3, -0.25) is 15.3 Å². The molecule has 0 saturated carbocycles. The van der Waals surface area contributed by atoms with E-state index in [2.05, 4.69) is 179 Å². The number of hydrogen-bond acceptors (Lipinski definition) is 3. The van der Waals surface area contributed by atoms with Gasteiger partial charge in [-0.05, 0) is 65.8 Å². The molecule has 0 fully saturated rings. The van der Waals surface area contributed by atoms with Crippen LogP contribution >= 0.6 is 0 Å². The van der Waals surface area contributed by atoms with E-state index in [4.69, 9.17) is 4.99 Å². The monoisotopic (exact) mass is 733 g/mol. The third-order valence-electron chi connectivity index (χ3n) is 10.5. The highest BCUT2D eigenvalue weighted by Crippen LogP contribution is 2.52. The first-order valence-electron chi connectivity index (χ1n) is 19.8. The van der Waals surface area contributed by atoms with Crippen molar-refractivity contribution < 1.29 is 0 Å². The van der Waals surface area contributed by atoms with Gasteiger partial charge in [0.15, 0.2) is 0 Å². The maximum absolute atomic E-state index is 5.40. The highest BCUT2D eigenvalue weighted by molar-refractivity contribution is 6.20. The Morgan fingerprint density at radius 3 is 1.88 bits per heavy atom. The number of hydrogen-bond donors (Lipinski definition) is 3. The molecule has 1 aliphatic heterocycles. The lowest BCUT2D eigenvalue weighted by Crippen LogP contribution is -2.37. The predicted molar refractivity (Wildman–Crippen MR) is 238 cm³/mol. The zero-order valence-electron chi connectivity index (χ0n) is 32.8. The van der Waals surface area contributed by atoms with E-state index in [1.54, 1.807) is 13.4 Å². The van der Waals surface area contributed by atoms with E-state index < -0.39 is 5.41 Å². The molecule has 0 radical (unpaired) electrons. The molecule has 9 rings (SSSR count). The third-order valence-corrected chi connectivity index (χ3v) is 10.5. The Morgan fingerprint density at radius 1 is 0.679 bits per heavy atom. The number of rotatable bonds is 9. The second kappa shape index (κ2) is 17.9. The lowest BCUT2D eigenvalue weighted by molar-refractivity contribution is 0.448. The molecule has 56 heavy (non-hydrogen) atoms. The van der Waals surface area contributed by atoms with Gasteiger partial charge in [-0.25, -0.2) is 0 Å². The van der Waals surface area contributed by atoms with E-state index in [1.165, 1.54) is 44.2 Å². The number of aliphatic imine (C=N–C) groups is 2. The summed E-state index contributed by atoms with van der Waals surface area (Å²) in [5.74, 6) is 0. The van der Waals surface area contributed by atoms with Crippen LogP contribution in [0.3, 0.4) is 0 Å². The summed E-state index contributed by atoms with van der Waals surface area (Å²) in [7, 11) is 1.76. The topological polar surface area (TPSA) is 64.6 Å². The van der Waals surface area contributed by atoms with Crippen molar-refractivity contribution in [1.82, 2.24) is 15.6 Å². The van der Waals surface area contributed by atoms with Crippen LogP contribution in [0.25, 0.3) is 21.8 Å². The largest absolute Gasteiger partial charge is 0.357 e. The van der Waals surface area contributed by atoms with Crippen molar-refractivity contribution in [2.24, 2.45) is 9.98 Å². The first-order chi connectivity index (χ1) is 27.7.